The normalized spacial score (nSPS) is 14.9. The van der Waals surface area contributed by atoms with Gasteiger partial charge >= 0.3 is 12.1 Å². The third-order valence-corrected chi connectivity index (χ3v) is 9.22. The molecular formula is C35H25BrF4N2O5S. The number of alkyl halides is 3. The second-order valence-electron chi connectivity index (χ2n) is 10.5. The zero-order chi connectivity index (χ0) is 34.2. The summed E-state index contributed by atoms with van der Waals surface area (Å²) in [5.41, 5.74) is -1.87. The number of hydrogen-bond donors (Lipinski definition) is 0. The van der Waals surface area contributed by atoms with E-state index in [0.717, 1.165) is 15.9 Å². The Morgan fingerprint density at radius 1 is 1.04 bits per heavy atom. The zero-order valence-corrected chi connectivity index (χ0v) is 27.7. The van der Waals surface area contributed by atoms with E-state index in [2.05, 4.69) is 20.9 Å². The van der Waals surface area contributed by atoms with Gasteiger partial charge in [-0.05, 0) is 69.5 Å². The van der Waals surface area contributed by atoms with E-state index >= 15 is 0 Å². The van der Waals surface area contributed by atoms with E-state index < -0.39 is 40.8 Å². The summed E-state index contributed by atoms with van der Waals surface area (Å²) in [5, 5.41) is 1.14. The van der Waals surface area contributed by atoms with Crippen molar-refractivity contribution >= 4 is 50.1 Å². The molecule has 0 aliphatic carbocycles. The molecule has 13 heteroatoms. The highest BCUT2D eigenvalue weighted by Crippen LogP contribution is 2.43. The van der Waals surface area contributed by atoms with E-state index in [1.54, 1.807) is 72.8 Å². The van der Waals surface area contributed by atoms with Crippen LogP contribution in [0.15, 0.2) is 104 Å². The molecule has 246 valence electrons. The van der Waals surface area contributed by atoms with Crippen LogP contribution < -0.4 is 24.4 Å². The number of carbonyl (C=O) groups excluding carboxylic acids is 1. The summed E-state index contributed by atoms with van der Waals surface area (Å²) in [6.45, 7) is 1.25. The molecule has 0 N–H and O–H groups in total. The Balaban J connectivity index is 1.53. The number of nitrogens with zero attached hydrogens (tertiary/aromatic N) is 2. The summed E-state index contributed by atoms with van der Waals surface area (Å²) >= 11 is 4.19. The molecule has 7 nitrogen and oxygen atoms in total. The summed E-state index contributed by atoms with van der Waals surface area (Å²) in [5.74, 6) is -1.07. The minimum atomic E-state index is -5.06. The average molecular weight is 742 g/mol. The smallest absolute Gasteiger partial charge is 0.434 e. The van der Waals surface area contributed by atoms with Crippen molar-refractivity contribution in [1.29, 1.82) is 0 Å². The lowest BCUT2D eigenvalue weighted by Crippen LogP contribution is -2.41. The summed E-state index contributed by atoms with van der Waals surface area (Å²) in [7, 11) is 1.36. The molecule has 48 heavy (non-hydrogen) atoms. The van der Waals surface area contributed by atoms with Crippen LogP contribution >= 0.6 is 27.3 Å². The molecule has 6 rings (SSSR count). The van der Waals surface area contributed by atoms with Crippen molar-refractivity contribution in [2.24, 2.45) is 4.99 Å². The van der Waals surface area contributed by atoms with Crippen LogP contribution in [0.4, 0.5) is 17.6 Å². The molecule has 1 aliphatic heterocycles. The van der Waals surface area contributed by atoms with Gasteiger partial charge in [-0.1, -0.05) is 65.9 Å². The number of fused-ring (bicyclic) bond motifs is 2. The maximum Gasteiger partial charge on any atom is 0.434 e. The Morgan fingerprint density at radius 2 is 1.77 bits per heavy atom. The van der Waals surface area contributed by atoms with Crippen molar-refractivity contribution in [1.82, 2.24) is 4.57 Å². The molecule has 0 fully saturated rings. The Kier molecular flexibility index (Phi) is 9.26. The summed E-state index contributed by atoms with van der Waals surface area (Å²) in [6, 6.07) is 19.8. The van der Waals surface area contributed by atoms with Gasteiger partial charge in [0, 0.05) is 11.1 Å². The van der Waals surface area contributed by atoms with E-state index in [1.165, 1.54) is 26.2 Å². The fourth-order valence-corrected chi connectivity index (χ4v) is 7.01. The Bertz CT molecular complexity index is 2280. The molecule has 0 unspecified atom stereocenters. The summed E-state index contributed by atoms with van der Waals surface area (Å²) < 4.78 is 76.3. The number of benzene rings is 4. The fourth-order valence-electron chi connectivity index (χ4n) is 5.50. The van der Waals surface area contributed by atoms with Gasteiger partial charge in [0.25, 0.3) is 5.56 Å². The predicted octanol–water partition coefficient (Wildman–Crippen LogP) is 6.98. The van der Waals surface area contributed by atoms with Gasteiger partial charge in [0.2, 0.25) is 0 Å². The molecule has 4 aromatic carbocycles. The van der Waals surface area contributed by atoms with Crippen molar-refractivity contribution in [3.05, 3.63) is 137 Å². The van der Waals surface area contributed by atoms with Crippen molar-refractivity contribution in [2.75, 3.05) is 13.7 Å². The van der Waals surface area contributed by atoms with Crippen LogP contribution in [0.2, 0.25) is 0 Å². The van der Waals surface area contributed by atoms with Gasteiger partial charge in [-0.25, -0.2) is 14.2 Å². The van der Waals surface area contributed by atoms with E-state index in [9.17, 15) is 27.2 Å². The number of thiazole rings is 1. The molecule has 0 saturated carbocycles. The van der Waals surface area contributed by atoms with Gasteiger partial charge < -0.3 is 14.2 Å². The number of hydrogen-bond acceptors (Lipinski definition) is 7. The van der Waals surface area contributed by atoms with E-state index in [4.69, 9.17) is 14.2 Å². The molecule has 1 aromatic heterocycles. The van der Waals surface area contributed by atoms with Gasteiger partial charge in [-0.15, -0.1) is 0 Å². The lowest BCUT2D eigenvalue weighted by atomic mass is 9.90. The second-order valence-corrected chi connectivity index (χ2v) is 12.4. The number of rotatable bonds is 8. The molecule has 0 bridgehead atoms. The number of esters is 1. The standard InChI is InChI=1S/C35H25BrF4N2O5S/c1-3-46-33(44)29-30(28-22-10-6-4-8-20(22)13-15-26(28)45-2)42-32(43)27(48-34(42)41-31(29)35(38,39)40)17-19-12-14-25(23(36)16-19)47-18-21-9-5-7-11-24(21)37/h4-17,30H,3,18H2,1-2H3/b27-17-/t30-/m1/s1. The SMILES string of the molecule is CCOC(=O)C1=C(C(F)(F)F)N=c2s/c(=C\c3ccc(OCc4ccccc4F)c(Br)c3)c(=O)n2[C@@H]1c1c(OC)ccc2ccccc12. The number of aromatic nitrogens is 1. The Labute approximate surface area is 283 Å². The van der Waals surface area contributed by atoms with Crippen LogP contribution in [0.1, 0.15) is 29.7 Å². The number of halogens is 5. The van der Waals surface area contributed by atoms with Crippen molar-refractivity contribution in [3.63, 3.8) is 0 Å². The van der Waals surface area contributed by atoms with Gasteiger partial charge in [-0.3, -0.25) is 9.36 Å². The van der Waals surface area contributed by atoms with Crippen molar-refractivity contribution in [3.8, 4) is 11.5 Å². The number of ether oxygens (including phenoxy) is 3. The minimum Gasteiger partial charge on any atom is -0.496 e. The molecule has 0 amide bonds. The molecular weight excluding hydrogens is 716 g/mol. The quantitative estimate of drug-likeness (QED) is 0.127. The molecule has 0 spiro atoms. The first-order valence-electron chi connectivity index (χ1n) is 14.5. The van der Waals surface area contributed by atoms with Gasteiger partial charge in [-0.2, -0.15) is 13.2 Å². The lowest BCUT2D eigenvalue weighted by Gasteiger charge is -2.28. The molecule has 0 radical (unpaired) electrons. The largest absolute Gasteiger partial charge is 0.496 e. The zero-order valence-electron chi connectivity index (χ0n) is 25.3. The first-order valence-corrected chi connectivity index (χ1v) is 16.1. The van der Waals surface area contributed by atoms with Crippen LogP contribution in [0, 0.1) is 5.82 Å². The molecule has 0 saturated heterocycles. The average Bonchev–Trinajstić information content (AvgIpc) is 3.37. The van der Waals surface area contributed by atoms with Crippen LogP contribution in [-0.2, 0) is 16.1 Å². The number of methoxy groups -OCH3 is 1. The highest BCUT2D eigenvalue weighted by Gasteiger charge is 2.46. The summed E-state index contributed by atoms with van der Waals surface area (Å²) in [4.78, 5) is 31.2. The third kappa shape index (κ3) is 6.27. The molecule has 5 aromatic rings. The van der Waals surface area contributed by atoms with E-state index in [0.29, 0.717) is 32.1 Å². The van der Waals surface area contributed by atoms with Gasteiger partial charge in [0.15, 0.2) is 10.5 Å². The van der Waals surface area contributed by atoms with Crippen LogP contribution in [-0.4, -0.2) is 30.4 Å². The number of carbonyl (C=O) groups is 1. The topological polar surface area (TPSA) is 79.1 Å². The third-order valence-electron chi connectivity index (χ3n) is 7.61. The van der Waals surface area contributed by atoms with Crippen LogP contribution in [0.3, 0.4) is 0 Å². The molecule has 2 heterocycles. The summed E-state index contributed by atoms with van der Waals surface area (Å²) in [6.07, 6.45) is -3.55. The Hall–Kier alpha value is -4.75. The van der Waals surface area contributed by atoms with E-state index in [1.807, 2.05) is 0 Å². The lowest BCUT2D eigenvalue weighted by molar-refractivity contribution is -0.140. The fraction of sp³-hybridized carbons (Fsp3) is 0.171. The maximum absolute atomic E-state index is 14.7. The van der Waals surface area contributed by atoms with Crippen molar-refractivity contribution < 1.29 is 36.6 Å². The minimum absolute atomic E-state index is 0.0226. The van der Waals surface area contributed by atoms with Crippen LogP contribution in [0.5, 0.6) is 11.5 Å². The van der Waals surface area contributed by atoms with Gasteiger partial charge in [0.05, 0.1) is 28.3 Å². The first kappa shape index (κ1) is 33.2. The number of allylic oxidation sites excluding steroid dienone is 1. The first-order chi connectivity index (χ1) is 23.0. The van der Waals surface area contributed by atoms with E-state index in [-0.39, 0.29) is 33.9 Å². The highest BCUT2D eigenvalue weighted by molar-refractivity contribution is 9.10. The predicted molar refractivity (Wildman–Crippen MR) is 176 cm³/mol. The van der Waals surface area contributed by atoms with Crippen molar-refractivity contribution in [2.45, 2.75) is 25.7 Å². The maximum atomic E-state index is 14.7. The van der Waals surface area contributed by atoms with Gasteiger partial charge in [0.1, 0.15) is 30.0 Å². The van der Waals surface area contributed by atoms with Crippen LogP contribution in [0.25, 0.3) is 16.8 Å². The molecule has 1 atom stereocenters. The monoisotopic (exact) mass is 740 g/mol. The highest BCUT2D eigenvalue weighted by atomic mass is 79.9. The Morgan fingerprint density at radius 3 is 2.48 bits per heavy atom. The second kappa shape index (κ2) is 13.4. The molecule has 1 aliphatic rings.